The summed E-state index contributed by atoms with van der Waals surface area (Å²) in [5.41, 5.74) is 2.17. The second kappa shape index (κ2) is 7.98. The van der Waals surface area contributed by atoms with Gasteiger partial charge in [0.1, 0.15) is 11.4 Å². The minimum atomic E-state index is -0.658. The van der Waals surface area contributed by atoms with Crippen molar-refractivity contribution in [3.63, 3.8) is 0 Å². The molecule has 2 aromatic carbocycles. The molecule has 0 spiro atoms. The van der Waals surface area contributed by atoms with Gasteiger partial charge in [-0.2, -0.15) is 5.10 Å². The number of H-pyrrole nitrogens is 1. The Morgan fingerprint density at radius 3 is 2.58 bits per heavy atom. The van der Waals surface area contributed by atoms with Gasteiger partial charge < -0.3 is 14.8 Å². The lowest BCUT2D eigenvalue weighted by molar-refractivity contribution is -0.119. The third-order valence-electron chi connectivity index (χ3n) is 3.58. The fraction of sp³-hybridized carbons (Fsp3) is 0.105. The molecule has 1 amide bonds. The number of aromatic nitrogens is 2. The lowest BCUT2D eigenvalue weighted by Crippen LogP contribution is -2.21. The van der Waals surface area contributed by atoms with Gasteiger partial charge in [0.2, 0.25) is 0 Å². The van der Waals surface area contributed by atoms with Gasteiger partial charge in [-0.3, -0.25) is 9.89 Å². The van der Waals surface area contributed by atoms with E-state index in [1.54, 1.807) is 30.3 Å². The fourth-order valence-corrected chi connectivity index (χ4v) is 2.33. The number of methoxy groups -OCH3 is 1. The van der Waals surface area contributed by atoms with E-state index < -0.39 is 18.5 Å². The molecule has 0 saturated heterocycles. The zero-order valence-corrected chi connectivity index (χ0v) is 14.1. The molecule has 0 atom stereocenters. The van der Waals surface area contributed by atoms with E-state index >= 15 is 0 Å². The van der Waals surface area contributed by atoms with Crippen LogP contribution < -0.4 is 10.1 Å². The monoisotopic (exact) mass is 351 g/mol. The highest BCUT2D eigenvalue weighted by atomic mass is 16.5. The van der Waals surface area contributed by atoms with E-state index in [4.69, 9.17) is 9.47 Å². The molecule has 26 heavy (non-hydrogen) atoms. The molecule has 0 aliphatic rings. The molecule has 1 aromatic heterocycles. The Morgan fingerprint density at radius 2 is 1.81 bits per heavy atom. The molecule has 0 unspecified atom stereocenters. The Hall–Kier alpha value is -3.61. The van der Waals surface area contributed by atoms with Crippen LogP contribution in [0.15, 0.2) is 60.7 Å². The highest BCUT2D eigenvalue weighted by Crippen LogP contribution is 2.22. The van der Waals surface area contributed by atoms with E-state index in [0.717, 1.165) is 5.56 Å². The molecule has 0 bridgehead atoms. The van der Waals surface area contributed by atoms with Crippen molar-refractivity contribution in [2.45, 2.75) is 0 Å². The standard InChI is InChI=1S/C19H17N3O4/c1-25-17-10-6-5-9-14(17)20-18(23)12-26-19(24)16-11-15(21-22-16)13-7-3-2-4-8-13/h2-11H,12H2,1H3,(H,20,23)(H,21,22). The van der Waals surface area contributed by atoms with Crippen LogP contribution in [-0.4, -0.2) is 35.8 Å². The second-order valence-electron chi connectivity index (χ2n) is 5.36. The van der Waals surface area contributed by atoms with Crippen molar-refractivity contribution in [1.82, 2.24) is 10.2 Å². The molecule has 7 heteroatoms. The number of carbonyl (C=O) groups is 2. The maximum absolute atomic E-state index is 12.1. The molecular weight excluding hydrogens is 334 g/mol. The van der Waals surface area contributed by atoms with Crippen molar-refractivity contribution in [1.29, 1.82) is 0 Å². The van der Waals surface area contributed by atoms with Gasteiger partial charge >= 0.3 is 5.97 Å². The number of nitrogens with one attached hydrogen (secondary N) is 2. The van der Waals surface area contributed by atoms with Crippen molar-refractivity contribution in [2.24, 2.45) is 0 Å². The number of rotatable bonds is 6. The van der Waals surface area contributed by atoms with Crippen LogP contribution in [0.1, 0.15) is 10.5 Å². The molecular formula is C19H17N3O4. The van der Waals surface area contributed by atoms with Gasteiger partial charge in [0.05, 0.1) is 18.5 Å². The third kappa shape index (κ3) is 4.07. The summed E-state index contributed by atoms with van der Waals surface area (Å²) in [7, 11) is 1.51. The zero-order valence-electron chi connectivity index (χ0n) is 14.1. The van der Waals surface area contributed by atoms with E-state index in [1.807, 2.05) is 30.3 Å². The van der Waals surface area contributed by atoms with E-state index in [0.29, 0.717) is 17.1 Å². The van der Waals surface area contributed by atoms with Crippen LogP contribution in [0.2, 0.25) is 0 Å². The normalized spacial score (nSPS) is 10.2. The minimum Gasteiger partial charge on any atom is -0.495 e. The summed E-state index contributed by atoms with van der Waals surface area (Å²) in [6, 6.07) is 18.0. The SMILES string of the molecule is COc1ccccc1NC(=O)COC(=O)c1cc(-c2ccccc2)n[nH]1. The van der Waals surface area contributed by atoms with Crippen LogP contribution in [-0.2, 0) is 9.53 Å². The van der Waals surface area contributed by atoms with Crippen molar-refractivity contribution < 1.29 is 19.1 Å². The fourth-order valence-electron chi connectivity index (χ4n) is 2.33. The number of ether oxygens (including phenoxy) is 2. The first-order valence-corrected chi connectivity index (χ1v) is 7.88. The second-order valence-corrected chi connectivity index (χ2v) is 5.36. The van der Waals surface area contributed by atoms with E-state index in [1.165, 1.54) is 7.11 Å². The smallest absolute Gasteiger partial charge is 0.356 e. The molecule has 0 aliphatic heterocycles. The van der Waals surface area contributed by atoms with E-state index in [2.05, 4.69) is 15.5 Å². The van der Waals surface area contributed by atoms with Gasteiger partial charge in [-0.05, 0) is 18.2 Å². The number of esters is 1. The Bertz CT molecular complexity index is 906. The largest absolute Gasteiger partial charge is 0.495 e. The third-order valence-corrected chi connectivity index (χ3v) is 3.58. The topological polar surface area (TPSA) is 93.3 Å². The summed E-state index contributed by atoms with van der Waals surface area (Å²) >= 11 is 0. The summed E-state index contributed by atoms with van der Waals surface area (Å²) in [5.74, 6) is -0.603. The van der Waals surface area contributed by atoms with Gasteiger partial charge in [0.15, 0.2) is 6.61 Å². The van der Waals surface area contributed by atoms with Crippen LogP contribution in [0.5, 0.6) is 5.75 Å². The predicted octanol–water partition coefficient (Wildman–Crippen LogP) is 2.88. The van der Waals surface area contributed by atoms with Crippen molar-refractivity contribution in [3.05, 3.63) is 66.4 Å². The van der Waals surface area contributed by atoms with E-state index in [-0.39, 0.29) is 5.69 Å². The molecule has 3 rings (SSSR count). The van der Waals surface area contributed by atoms with Crippen LogP contribution in [0, 0.1) is 0 Å². The molecule has 0 radical (unpaired) electrons. The van der Waals surface area contributed by atoms with Crippen molar-refractivity contribution in [2.75, 3.05) is 19.0 Å². The maximum atomic E-state index is 12.1. The number of carbonyl (C=O) groups excluding carboxylic acids is 2. The summed E-state index contributed by atoms with van der Waals surface area (Å²) in [4.78, 5) is 24.0. The molecule has 0 aliphatic carbocycles. The van der Waals surface area contributed by atoms with E-state index in [9.17, 15) is 9.59 Å². The van der Waals surface area contributed by atoms with Crippen molar-refractivity contribution in [3.8, 4) is 17.0 Å². The Kier molecular flexibility index (Phi) is 5.28. The molecule has 2 N–H and O–H groups in total. The first-order chi connectivity index (χ1) is 12.7. The van der Waals surface area contributed by atoms with Gasteiger partial charge in [-0.25, -0.2) is 4.79 Å². The lowest BCUT2D eigenvalue weighted by Gasteiger charge is -2.09. The Balaban J connectivity index is 1.57. The number of aromatic amines is 1. The average Bonchev–Trinajstić information content (AvgIpc) is 3.17. The van der Waals surface area contributed by atoms with Crippen LogP contribution in [0.25, 0.3) is 11.3 Å². The number of hydrogen-bond acceptors (Lipinski definition) is 5. The van der Waals surface area contributed by atoms with Gasteiger partial charge in [0, 0.05) is 5.56 Å². The molecule has 0 saturated carbocycles. The average molecular weight is 351 g/mol. The van der Waals surface area contributed by atoms with Gasteiger partial charge in [-0.15, -0.1) is 0 Å². The van der Waals surface area contributed by atoms with Crippen LogP contribution in [0.4, 0.5) is 5.69 Å². The number of para-hydroxylation sites is 2. The Labute approximate surface area is 150 Å². The van der Waals surface area contributed by atoms with Crippen LogP contribution >= 0.6 is 0 Å². The first-order valence-electron chi connectivity index (χ1n) is 7.88. The van der Waals surface area contributed by atoms with Gasteiger partial charge in [-0.1, -0.05) is 42.5 Å². The van der Waals surface area contributed by atoms with Gasteiger partial charge in [0.25, 0.3) is 5.91 Å². The first kappa shape index (κ1) is 17.2. The quantitative estimate of drug-likeness (QED) is 0.666. The number of hydrogen-bond donors (Lipinski definition) is 2. The molecule has 0 fully saturated rings. The molecule has 132 valence electrons. The number of benzene rings is 2. The lowest BCUT2D eigenvalue weighted by atomic mass is 10.1. The summed E-state index contributed by atoms with van der Waals surface area (Å²) in [6.07, 6.45) is 0. The zero-order chi connectivity index (χ0) is 18.4. The highest BCUT2D eigenvalue weighted by Gasteiger charge is 2.15. The van der Waals surface area contributed by atoms with Crippen LogP contribution in [0.3, 0.4) is 0 Å². The molecule has 1 heterocycles. The maximum Gasteiger partial charge on any atom is 0.356 e. The molecule has 3 aromatic rings. The number of anilines is 1. The Morgan fingerprint density at radius 1 is 1.08 bits per heavy atom. The number of amides is 1. The summed E-state index contributed by atoms with van der Waals surface area (Å²) < 4.78 is 10.2. The van der Waals surface area contributed by atoms with Crippen molar-refractivity contribution >= 4 is 17.6 Å². The molecule has 7 nitrogen and oxygen atoms in total. The predicted molar refractivity (Wildman–Crippen MR) is 95.9 cm³/mol. The summed E-state index contributed by atoms with van der Waals surface area (Å²) in [6.45, 7) is -0.420. The minimum absolute atomic E-state index is 0.175. The highest BCUT2D eigenvalue weighted by molar-refractivity contribution is 5.96. The number of nitrogens with zero attached hydrogens (tertiary/aromatic N) is 1. The summed E-state index contributed by atoms with van der Waals surface area (Å²) in [5, 5.41) is 9.33.